The normalized spacial score (nSPS) is 10.6. The molecular formula is C18H22ClNO2. The summed E-state index contributed by atoms with van der Waals surface area (Å²) < 4.78 is 6.13. The van der Waals surface area contributed by atoms with Crippen molar-refractivity contribution in [1.82, 2.24) is 0 Å². The Morgan fingerprint density at radius 1 is 0.955 bits per heavy atom. The number of benzene rings is 2. The molecule has 0 saturated heterocycles. The lowest BCUT2D eigenvalue weighted by Gasteiger charge is -2.29. The Balaban J connectivity index is 0.00000242. The Morgan fingerprint density at radius 3 is 2.09 bits per heavy atom. The zero-order valence-corrected chi connectivity index (χ0v) is 13.8. The van der Waals surface area contributed by atoms with Crippen molar-refractivity contribution in [1.29, 1.82) is 0 Å². The van der Waals surface area contributed by atoms with Crippen LogP contribution in [0.2, 0.25) is 0 Å². The van der Waals surface area contributed by atoms with Crippen LogP contribution in [-0.4, -0.2) is 37.7 Å². The first-order valence-electron chi connectivity index (χ1n) is 7.15. The molecule has 2 rings (SSSR count). The molecule has 0 aliphatic heterocycles. The van der Waals surface area contributed by atoms with Crippen LogP contribution in [0.15, 0.2) is 60.7 Å². The van der Waals surface area contributed by atoms with Gasteiger partial charge in [0.1, 0.15) is 19.7 Å². The molecule has 22 heavy (non-hydrogen) atoms. The minimum atomic E-state index is -0.254. The highest BCUT2D eigenvalue weighted by molar-refractivity contribution is 5.89. The second-order valence-corrected chi connectivity index (χ2v) is 5.80. The molecular weight excluding hydrogens is 298 g/mol. The molecule has 4 heteroatoms. The van der Waals surface area contributed by atoms with E-state index in [1.807, 2.05) is 36.4 Å². The van der Waals surface area contributed by atoms with Crippen LogP contribution in [0.1, 0.15) is 15.9 Å². The number of hydrogen-bond donors (Lipinski definition) is 0. The largest absolute Gasteiger partial charge is 1.00 e. The number of nitrogens with zero attached hydrogens (tertiary/aromatic N) is 1. The topological polar surface area (TPSA) is 26.3 Å². The molecule has 3 nitrogen and oxygen atoms in total. The summed E-state index contributed by atoms with van der Waals surface area (Å²) >= 11 is 0. The predicted molar refractivity (Wildman–Crippen MR) is 83.8 cm³/mol. The first-order valence-corrected chi connectivity index (χ1v) is 7.15. The predicted octanol–water partition coefficient (Wildman–Crippen LogP) is 0.124. The quantitative estimate of drug-likeness (QED) is 0.559. The summed E-state index contributed by atoms with van der Waals surface area (Å²) in [7, 11) is 4.28. The van der Waals surface area contributed by atoms with E-state index in [1.165, 1.54) is 5.56 Å². The zero-order chi connectivity index (χ0) is 15.1. The number of esters is 1. The lowest BCUT2D eigenvalue weighted by molar-refractivity contribution is -0.903. The number of quaternary nitrogens is 1. The number of rotatable bonds is 6. The first kappa shape index (κ1) is 18.2. The van der Waals surface area contributed by atoms with Crippen molar-refractivity contribution in [2.24, 2.45) is 0 Å². The van der Waals surface area contributed by atoms with Crippen molar-refractivity contribution in [3.63, 3.8) is 0 Å². The van der Waals surface area contributed by atoms with E-state index >= 15 is 0 Å². The fourth-order valence-electron chi connectivity index (χ4n) is 2.20. The third kappa shape index (κ3) is 5.88. The van der Waals surface area contributed by atoms with E-state index in [4.69, 9.17) is 4.74 Å². The summed E-state index contributed by atoms with van der Waals surface area (Å²) in [5.41, 5.74) is 1.89. The van der Waals surface area contributed by atoms with Gasteiger partial charge < -0.3 is 21.6 Å². The van der Waals surface area contributed by atoms with Crippen LogP contribution >= 0.6 is 0 Å². The van der Waals surface area contributed by atoms with E-state index in [1.54, 1.807) is 12.1 Å². The second-order valence-electron chi connectivity index (χ2n) is 5.80. The first-order chi connectivity index (χ1) is 10.1. The van der Waals surface area contributed by atoms with Gasteiger partial charge in [0, 0.05) is 5.56 Å². The van der Waals surface area contributed by atoms with Crippen molar-refractivity contribution in [2.45, 2.75) is 6.54 Å². The van der Waals surface area contributed by atoms with Gasteiger partial charge in [0.05, 0.1) is 19.7 Å². The Bertz CT molecular complexity index is 570. The highest BCUT2D eigenvalue weighted by Gasteiger charge is 2.17. The third-order valence-electron chi connectivity index (χ3n) is 3.39. The van der Waals surface area contributed by atoms with E-state index in [2.05, 4.69) is 26.2 Å². The highest BCUT2D eigenvalue weighted by atomic mass is 35.5. The van der Waals surface area contributed by atoms with Crippen molar-refractivity contribution in [2.75, 3.05) is 27.2 Å². The SMILES string of the molecule is C[N+](C)(CCOC(=O)c1ccccc1)Cc1ccccc1.[Cl-]. The fraction of sp³-hybridized carbons (Fsp3) is 0.278. The fourth-order valence-corrected chi connectivity index (χ4v) is 2.20. The van der Waals surface area contributed by atoms with Gasteiger partial charge in [0.2, 0.25) is 0 Å². The monoisotopic (exact) mass is 319 g/mol. The molecule has 118 valence electrons. The smallest absolute Gasteiger partial charge is 0.338 e. The molecule has 0 bridgehead atoms. The summed E-state index contributed by atoms with van der Waals surface area (Å²) in [4.78, 5) is 11.9. The van der Waals surface area contributed by atoms with Gasteiger partial charge in [0.15, 0.2) is 0 Å². The maximum Gasteiger partial charge on any atom is 0.338 e. The van der Waals surface area contributed by atoms with Crippen LogP contribution in [0.25, 0.3) is 0 Å². The Kier molecular flexibility index (Phi) is 7.09. The van der Waals surface area contributed by atoms with E-state index in [-0.39, 0.29) is 18.4 Å². The minimum Gasteiger partial charge on any atom is -1.00 e. The molecule has 0 aliphatic carbocycles. The number of ether oxygens (including phenoxy) is 1. The minimum absolute atomic E-state index is 0. The summed E-state index contributed by atoms with van der Waals surface area (Å²) in [6.45, 7) is 2.13. The van der Waals surface area contributed by atoms with E-state index in [9.17, 15) is 4.79 Å². The van der Waals surface area contributed by atoms with Crippen molar-refractivity contribution in [3.05, 3.63) is 71.8 Å². The van der Waals surface area contributed by atoms with Crippen LogP contribution in [0.4, 0.5) is 0 Å². The standard InChI is InChI=1S/C18H22NO2.ClH/c1-19(2,15-16-9-5-3-6-10-16)13-14-21-18(20)17-11-7-4-8-12-17;/h3-12H,13-15H2,1-2H3;1H/q+1;/p-1. The second kappa shape index (κ2) is 8.57. The maximum absolute atomic E-state index is 11.9. The van der Waals surface area contributed by atoms with E-state index < -0.39 is 0 Å². The molecule has 0 spiro atoms. The van der Waals surface area contributed by atoms with Gasteiger partial charge in [-0.3, -0.25) is 0 Å². The average Bonchev–Trinajstić information content (AvgIpc) is 2.48. The van der Waals surface area contributed by atoms with Crippen LogP contribution in [0.3, 0.4) is 0 Å². The lowest BCUT2D eigenvalue weighted by Crippen LogP contribution is -3.00. The summed E-state index contributed by atoms with van der Waals surface area (Å²) in [5.74, 6) is -0.254. The third-order valence-corrected chi connectivity index (χ3v) is 3.39. The number of carbonyl (C=O) groups is 1. The molecule has 0 aromatic heterocycles. The van der Waals surface area contributed by atoms with Crippen LogP contribution in [0.5, 0.6) is 0 Å². The molecule has 0 radical (unpaired) electrons. The molecule has 0 atom stereocenters. The Morgan fingerprint density at radius 2 is 1.50 bits per heavy atom. The van der Waals surface area contributed by atoms with Crippen LogP contribution < -0.4 is 12.4 Å². The van der Waals surface area contributed by atoms with Gasteiger partial charge in [-0.05, 0) is 12.1 Å². The summed E-state index contributed by atoms with van der Waals surface area (Å²) in [6.07, 6.45) is 0. The van der Waals surface area contributed by atoms with Gasteiger partial charge in [-0.1, -0.05) is 48.5 Å². The number of hydrogen-bond acceptors (Lipinski definition) is 2. The number of likely N-dealkylation sites (N-methyl/N-ethyl adjacent to an activating group) is 1. The lowest BCUT2D eigenvalue weighted by atomic mass is 10.2. The summed E-state index contributed by atoms with van der Waals surface area (Å²) in [5, 5.41) is 0. The number of carbonyl (C=O) groups excluding carboxylic acids is 1. The maximum atomic E-state index is 11.9. The number of halogens is 1. The Hall–Kier alpha value is -1.84. The van der Waals surface area contributed by atoms with Gasteiger partial charge >= 0.3 is 5.97 Å². The highest BCUT2D eigenvalue weighted by Crippen LogP contribution is 2.09. The molecule has 2 aromatic rings. The average molecular weight is 320 g/mol. The molecule has 0 N–H and O–H groups in total. The van der Waals surface area contributed by atoms with Crippen molar-refractivity contribution in [3.8, 4) is 0 Å². The van der Waals surface area contributed by atoms with Gasteiger partial charge in [-0.25, -0.2) is 4.79 Å². The van der Waals surface area contributed by atoms with E-state index in [0.717, 1.165) is 17.6 Å². The molecule has 0 heterocycles. The van der Waals surface area contributed by atoms with Crippen molar-refractivity contribution < 1.29 is 26.4 Å². The molecule has 2 aromatic carbocycles. The zero-order valence-electron chi connectivity index (χ0n) is 13.0. The van der Waals surface area contributed by atoms with Crippen molar-refractivity contribution >= 4 is 5.97 Å². The van der Waals surface area contributed by atoms with Gasteiger partial charge in [-0.15, -0.1) is 0 Å². The van der Waals surface area contributed by atoms with Crippen LogP contribution in [0, 0.1) is 0 Å². The van der Waals surface area contributed by atoms with E-state index in [0.29, 0.717) is 12.2 Å². The molecule has 0 fully saturated rings. The molecule has 0 aliphatic rings. The molecule has 0 amide bonds. The molecule has 0 unspecified atom stereocenters. The van der Waals surface area contributed by atoms with Gasteiger partial charge in [0.25, 0.3) is 0 Å². The van der Waals surface area contributed by atoms with Gasteiger partial charge in [-0.2, -0.15) is 0 Å². The Labute approximate surface area is 138 Å². The van der Waals surface area contributed by atoms with Crippen LogP contribution in [-0.2, 0) is 11.3 Å². The molecule has 0 saturated carbocycles. The summed E-state index contributed by atoms with van der Waals surface area (Å²) in [6, 6.07) is 19.5.